The van der Waals surface area contributed by atoms with Gasteiger partial charge in [0.15, 0.2) is 9.84 Å². The van der Waals surface area contributed by atoms with Crippen LogP contribution in [0.15, 0.2) is 29.2 Å². The van der Waals surface area contributed by atoms with Crippen LogP contribution < -0.4 is 4.72 Å². The van der Waals surface area contributed by atoms with Crippen LogP contribution in [0.25, 0.3) is 0 Å². The highest BCUT2D eigenvalue weighted by Gasteiger charge is 2.11. The molecule has 0 amide bonds. The second-order valence-electron chi connectivity index (χ2n) is 3.30. The molecule has 0 bridgehead atoms. The fourth-order valence-corrected chi connectivity index (χ4v) is 2.56. The van der Waals surface area contributed by atoms with Crippen molar-refractivity contribution in [2.24, 2.45) is 0 Å². The van der Waals surface area contributed by atoms with Crippen molar-refractivity contribution in [3.05, 3.63) is 24.3 Å². The highest BCUT2D eigenvalue weighted by molar-refractivity contribution is 7.92. The van der Waals surface area contributed by atoms with Gasteiger partial charge in [-0.05, 0) is 24.3 Å². The first-order chi connectivity index (χ1) is 7.24. The van der Waals surface area contributed by atoms with Crippen molar-refractivity contribution in [3.8, 4) is 0 Å². The highest BCUT2D eigenvalue weighted by Crippen LogP contribution is 2.15. The van der Waals surface area contributed by atoms with Crippen molar-refractivity contribution >= 4 is 25.5 Å². The Morgan fingerprint density at radius 2 is 1.56 bits per heavy atom. The van der Waals surface area contributed by atoms with Gasteiger partial charge in [-0.25, -0.2) is 16.8 Å². The highest BCUT2D eigenvalue weighted by atomic mass is 32.2. The van der Waals surface area contributed by atoms with Gasteiger partial charge in [-0.2, -0.15) is 0 Å². The lowest BCUT2D eigenvalue weighted by Gasteiger charge is -2.05. The maximum Gasteiger partial charge on any atom is 0.229 e. The van der Waals surface area contributed by atoms with Crippen LogP contribution in [0.4, 0.5) is 5.69 Å². The predicted molar refractivity (Wildman–Crippen MR) is 62.6 cm³/mol. The molecule has 0 saturated heterocycles. The van der Waals surface area contributed by atoms with E-state index in [4.69, 9.17) is 0 Å². The van der Waals surface area contributed by atoms with Crippen LogP contribution in [-0.4, -0.2) is 28.8 Å². The van der Waals surface area contributed by atoms with E-state index in [1.807, 2.05) is 0 Å². The number of hydrogen-bond donors (Lipinski definition) is 1. The third-order valence-corrected chi connectivity index (χ3v) is 4.25. The Morgan fingerprint density at radius 3 is 1.94 bits per heavy atom. The maximum atomic E-state index is 11.5. The summed E-state index contributed by atoms with van der Waals surface area (Å²) in [6.45, 7) is 1.55. The first-order valence-electron chi connectivity index (χ1n) is 4.55. The summed E-state index contributed by atoms with van der Waals surface area (Å²) >= 11 is 0. The summed E-state index contributed by atoms with van der Waals surface area (Å²) in [7, 11) is -6.57. The zero-order valence-corrected chi connectivity index (χ0v) is 10.6. The minimum absolute atomic E-state index is 0.0197. The molecule has 90 valence electrons. The molecule has 1 rings (SSSR count). The average molecular weight is 263 g/mol. The van der Waals surface area contributed by atoms with Crippen LogP contribution in [0.1, 0.15) is 6.92 Å². The zero-order chi connectivity index (χ0) is 12.4. The molecule has 0 fully saturated rings. The Balaban J connectivity index is 3.01. The van der Waals surface area contributed by atoms with Crippen LogP contribution in [0, 0.1) is 0 Å². The summed E-state index contributed by atoms with van der Waals surface area (Å²) < 4.78 is 47.0. The van der Waals surface area contributed by atoms with E-state index < -0.39 is 19.9 Å². The van der Waals surface area contributed by atoms with Gasteiger partial charge in [0, 0.05) is 5.69 Å². The summed E-state index contributed by atoms with van der Waals surface area (Å²) in [5.74, 6) is 0.0197. The van der Waals surface area contributed by atoms with Gasteiger partial charge in [0.1, 0.15) is 0 Å². The van der Waals surface area contributed by atoms with Gasteiger partial charge in [-0.3, -0.25) is 4.72 Å². The molecule has 1 aromatic carbocycles. The second-order valence-corrected chi connectivity index (χ2v) is 7.33. The van der Waals surface area contributed by atoms with E-state index in [0.717, 1.165) is 6.26 Å². The number of nitrogens with one attached hydrogen (secondary N) is 1. The summed E-state index contributed by atoms with van der Waals surface area (Å²) in [6.07, 6.45) is 1.03. The van der Waals surface area contributed by atoms with Crippen molar-refractivity contribution in [2.45, 2.75) is 11.8 Å². The minimum Gasteiger partial charge on any atom is -0.284 e. The fraction of sp³-hybridized carbons (Fsp3) is 0.333. The molecule has 16 heavy (non-hydrogen) atoms. The van der Waals surface area contributed by atoms with E-state index in [2.05, 4.69) is 4.72 Å². The maximum absolute atomic E-state index is 11.5. The average Bonchev–Trinajstić information content (AvgIpc) is 2.16. The Kier molecular flexibility index (Phi) is 3.59. The normalized spacial score (nSPS) is 12.4. The molecule has 0 aromatic heterocycles. The lowest BCUT2D eigenvalue weighted by atomic mass is 10.3. The Bertz CT molecular complexity index is 558. The topological polar surface area (TPSA) is 80.3 Å². The Morgan fingerprint density at radius 1 is 1.06 bits per heavy atom. The van der Waals surface area contributed by atoms with E-state index in [1.165, 1.54) is 24.3 Å². The smallest absolute Gasteiger partial charge is 0.229 e. The van der Waals surface area contributed by atoms with E-state index in [-0.39, 0.29) is 10.6 Å². The fourth-order valence-electron chi connectivity index (χ4n) is 1.11. The number of benzene rings is 1. The number of rotatable bonds is 4. The van der Waals surface area contributed by atoms with Crippen molar-refractivity contribution in [1.29, 1.82) is 0 Å². The molecule has 0 spiro atoms. The number of anilines is 1. The van der Waals surface area contributed by atoms with Gasteiger partial charge in [0.25, 0.3) is 0 Å². The van der Waals surface area contributed by atoms with Gasteiger partial charge in [0.05, 0.1) is 16.9 Å². The van der Waals surface area contributed by atoms with Gasteiger partial charge >= 0.3 is 0 Å². The van der Waals surface area contributed by atoms with Crippen molar-refractivity contribution in [3.63, 3.8) is 0 Å². The van der Waals surface area contributed by atoms with E-state index >= 15 is 0 Å². The molecule has 7 heteroatoms. The molecule has 1 N–H and O–H groups in total. The Hall–Kier alpha value is -1.08. The van der Waals surface area contributed by atoms with Crippen LogP contribution in [-0.2, 0) is 19.9 Å². The minimum atomic E-state index is -3.33. The molecule has 0 unspecified atom stereocenters. The monoisotopic (exact) mass is 263 g/mol. The molecule has 0 heterocycles. The van der Waals surface area contributed by atoms with Crippen molar-refractivity contribution < 1.29 is 16.8 Å². The number of hydrogen-bond acceptors (Lipinski definition) is 4. The van der Waals surface area contributed by atoms with Gasteiger partial charge in [0.2, 0.25) is 10.0 Å². The van der Waals surface area contributed by atoms with Gasteiger partial charge in [-0.15, -0.1) is 0 Å². The first kappa shape index (κ1) is 13.0. The van der Waals surface area contributed by atoms with E-state index in [9.17, 15) is 16.8 Å². The summed E-state index contributed by atoms with van der Waals surface area (Å²) in [4.78, 5) is 0.189. The predicted octanol–water partition coefficient (Wildman–Crippen LogP) is 0.852. The lowest BCUT2D eigenvalue weighted by molar-refractivity contribution is 0.597. The summed E-state index contributed by atoms with van der Waals surface area (Å²) in [6, 6.07) is 5.60. The van der Waals surface area contributed by atoms with Gasteiger partial charge in [-0.1, -0.05) is 6.92 Å². The molecular weight excluding hydrogens is 250 g/mol. The third kappa shape index (κ3) is 3.49. The third-order valence-electron chi connectivity index (χ3n) is 1.90. The standard InChI is InChI=1S/C9H13NO4S2/c1-3-16(13,14)9-6-4-8(5-7-9)10-15(2,11)12/h4-7,10H,3H2,1-2H3. The molecule has 0 aliphatic heterocycles. The molecular formula is C9H13NO4S2. The SMILES string of the molecule is CCS(=O)(=O)c1ccc(NS(C)(=O)=O)cc1. The molecule has 0 saturated carbocycles. The second kappa shape index (κ2) is 4.42. The van der Waals surface area contributed by atoms with Crippen molar-refractivity contribution in [2.75, 3.05) is 16.7 Å². The zero-order valence-electron chi connectivity index (χ0n) is 8.97. The van der Waals surface area contributed by atoms with Gasteiger partial charge < -0.3 is 0 Å². The van der Waals surface area contributed by atoms with Crippen LogP contribution in [0.5, 0.6) is 0 Å². The quantitative estimate of drug-likeness (QED) is 0.873. The molecule has 0 aliphatic carbocycles. The first-order valence-corrected chi connectivity index (χ1v) is 8.09. The van der Waals surface area contributed by atoms with Crippen LogP contribution in [0.2, 0.25) is 0 Å². The molecule has 1 aromatic rings. The van der Waals surface area contributed by atoms with E-state index in [1.54, 1.807) is 6.92 Å². The van der Waals surface area contributed by atoms with Crippen LogP contribution in [0.3, 0.4) is 0 Å². The largest absolute Gasteiger partial charge is 0.284 e. The number of sulfone groups is 1. The molecule has 0 aliphatic rings. The lowest BCUT2D eigenvalue weighted by Crippen LogP contribution is -2.10. The van der Waals surface area contributed by atoms with Crippen molar-refractivity contribution in [1.82, 2.24) is 0 Å². The summed E-state index contributed by atoms with van der Waals surface area (Å²) in [5.41, 5.74) is 0.345. The number of sulfonamides is 1. The Labute approximate surface area is 95.5 Å². The van der Waals surface area contributed by atoms with Crippen LogP contribution >= 0.6 is 0 Å². The van der Waals surface area contributed by atoms with E-state index in [0.29, 0.717) is 5.69 Å². The molecule has 0 atom stereocenters. The molecule has 0 radical (unpaired) electrons. The summed E-state index contributed by atoms with van der Waals surface area (Å²) in [5, 5.41) is 0. The molecule has 5 nitrogen and oxygen atoms in total.